The Bertz CT molecular complexity index is 146. The van der Waals surface area contributed by atoms with Gasteiger partial charge in [0.15, 0.2) is 0 Å². The highest BCUT2D eigenvalue weighted by molar-refractivity contribution is 5.74. The van der Waals surface area contributed by atoms with Crippen LogP contribution in [-0.4, -0.2) is 5.91 Å². The van der Waals surface area contributed by atoms with Crippen LogP contribution in [0.3, 0.4) is 0 Å². The van der Waals surface area contributed by atoms with E-state index < -0.39 is 0 Å². The van der Waals surface area contributed by atoms with Crippen molar-refractivity contribution in [1.82, 2.24) is 5.43 Å². The smallest absolute Gasteiger partial charge is 0.233 e. The quantitative estimate of drug-likeness (QED) is 0.199. The summed E-state index contributed by atoms with van der Waals surface area (Å²) in [6.07, 6.45) is 9.30. The molecular formula is C10H20N2O. The van der Waals surface area contributed by atoms with E-state index in [1.807, 2.05) is 6.08 Å². The highest BCUT2D eigenvalue weighted by Gasteiger charge is 1.96. The van der Waals surface area contributed by atoms with Crippen molar-refractivity contribution in [2.24, 2.45) is 5.84 Å². The highest BCUT2D eigenvalue weighted by atomic mass is 16.2. The molecule has 0 atom stereocenters. The van der Waals surface area contributed by atoms with Crippen LogP contribution in [0.5, 0.6) is 0 Å². The van der Waals surface area contributed by atoms with Gasteiger partial charge in [-0.05, 0) is 19.3 Å². The Morgan fingerprint density at radius 1 is 1.23 bits per heavy atom. The second-order valence-electron chi connectivity index (χ2n) is 3.16. The van der Waals surface area contributed by atoms with Crippen molar-refractivity contribution in [1.29, 1.82) is 0 Å². The van der Waals surface area contributed by atoms with Gasteiger partial charge in [-0.3, -0.25) is 10.2 Å². The number of carbonyl (C=O) groups is 1. The first-order valence-corrected chi connectivity index (χ1v) is 4.91. The van der Waals surface area contributed by atoms with Crippen LogP contribution in [-0.2, 0) is 4.79 Å². The molecule has 0 bridgehead atoms. The molecule has 0 saturated heterocycles. The predicted molar refractivity (Wildman–Crippen MR) is 54.8 cm³/mol. The Morgan fingerprint density at radius 3 is 2.46 bits per heavy atom. The van der Waals surface area contributed by atoms with E-state index in [2.05, 4.69) is 12.0 Å². The van der Waals surface area contributed by atoms with Crippen molar-refractivity contribution < 1.29 is 4.79 Å². The summed E-state index contributed by atoms with van der Waals surface area (Å²) in [7, 11) is 0. The molecule has 1 amide bonds. The third kappa shape index (κ3) is 9.08. The lowest BCUT2D eigenvalue weighted by Crippen LogP contribution is -2.29. The lowest BCUT2D eigenvalue weighted by Gasteiger charge is -1.99. The van der Waals surface area contributed by atoms with Gasteiger partial charge in [0.05, 0.1) is 0 Å². The van der Waals surface area contributed by atoms with Gasteiger partial charge >= 0.3 is 0 Å². The largest absolute Gasteiger partial charge is 0.294 e. The summed E-state index contributed by atoms with van der Waals surface area (Å²) in [4.78, 5) is 10.7. The lowest BCUT2D eigenvalue weighted by molar-refractivity contribution is -0.121. The van der Waals surface area contributed by atoms with E-state index in [0.717, 1.165) is 19.3 Å². The molecule has 3 N–H and O–H groups in total. The predicted octanol–water partition coefficient (Wildman–Crippen LogP) is 1.89. The summed E-state index contributed by atoms with van der Waals surface area (Å²) in [5.74, 6) is 4.88. The standard InChI is InChI=1S/C10H20N2O/c1-2-3-4-5-6-7-8-9-10(13)12-11/h2H,1,3-9,11H2,(H,12,13). The number of nitrogens with one attached hydrogen (secondary N) is 1. The average Bonchev–Trinajstić information content (AvgIpc) is 2.16. The van der Waals surface area contributed by atoms with Crippen LogP contribution in [0.25, 0.3) is 0 Å². The fraction of sp³-hybridized carbons (Fsp3) is 0.700. The first-order valence-electron chi connectivity index (χ1n) is 4.91. The van der Waals surface area contributed by atoms with Crippen molar-refractivity contribution in [3.63, 3.8) is 0 Å². The molecule has 0 aromatic rings. The molecule has 0 aliphatic heterocycles. The molecule has 13 heavy (non-hydrogen) atoms. The number of unbranched alkanes of at least 4 members (excludes halogenated alkanes) is 5. The number of hydrogen-bond acceptors (Lipinski definition) is 2. The van der Waals surface area contributed by atoms with E-state index in [1.54, 1.807) is 0 Å². The van der Waals surface area contributed by atoms with Crippen molar-refractivity contribution in [3.8, 4) is 0 Å². The highest BCUT2D eigenvalue weighted by Crippen LogP contribution is 2.06. The van der Waals surface area contributed by atoms with Crippen molar-refractivity contribution in [2.45, 2.75) is 44.9 Å². The molecule has 0 aliphatic carbocycles. The summed E-state index contributed by atoms with van der Waals surface area (Å²) >= 11 is 0. The zero-order chi connectivity index (χ0) is 9.94. The van der Waals surface area contributed by atoms with Crippen LogP contribution in [0.2, 0.25) is 0 Å². The molecule has 76 valence electrons. The van der Waals surface area contributed by atoms with Crippen LogP contribution < -0.4 is 11.3 Å². The van der Waals surface area contributed by atoms with Gasteiger partial charge < -0.3 is 0 Å². The van der Waals surface area contributed by atoms with E-state index in [-0.39, 0.29) is 5.91 Å². The van der Waals surface area contributed by atoms with Gasteiger partial charge in [-0.15, -0.1) is 6.58 Å². The molecule has 3 nitrogen and oxygen atoms in total. The third-order valence-electron chi connectivity index (χ3n) is 1.97. The van der Waals surface area contributed by atoms with Gasteiger partial charge in [0.1, 0.15) is 0 Å². The van der Waals surface area contributed by atoms with Crippen LogP contribution in [0.4, 0.5) is 0 Å². The normalized spacial score (nSPS) is 9.62. The summed E-state index contributed by atoms with van der Waals surface area (Å²) in [5, 5.41) is 0. The van der Waals surface area contributed by atoms with Crippen LogP contribution in [0.15, 0.2) is 12.7 Å². The summed E-state index contributed by atoms with van der Waals surface area (Å²) in [5.41, 5.74) is 2.12. The topological polar surface area (TPSA) is 55.1 Å². The van der Waals surface area contributed by atoms with Gasteiger partial charge in [-0.25, -0.2) is 5.84 Å². The molecule has 0 heterocycles. The number of hydrazine groups is 1. The Balaban J connectivity index is 2.99. The Labute approximate surface area is 80.4 Å². The minimum Gasteiger partial charge on any atom is -0.294 e. The first-order chi connectivity index (χ1) is 6.31. The Hall–Kier alpha value is -0.830. The molecule has 3 heteroatoms. The monoisotopic (exact) mass is 184 g/mol. The molecule has 0 fully saturated rings. The summed E-state index contributed by atoms with van der Waals surface area (Å²) < 4.78 is 0. The van der Waals surface area contributed by atoms with Gasteiger partial charge in [0.25, 0.3) is 0 Å². The molecule has 0 aliphatic rings. The zero-order valence-corrected chi connectivity index (χ0v) is 8.22. The van der Waals surface area contributed by atoms with Gasteiger partial charge in [-0.1, -0.05) is 25.3 Å². The van der Waals surface area contributed by atoms with Crippen molar-refractivity contribution >= 4 is 5.91 Å². The second kappa shape index (κ2) is 9.26. The Kier molecular flexibility index (Phi) is 8.67. The maximum atomic E-state index is 10.7. The number of hydrogen-bond donors (Lipinski definition) is 2. The fourth-order valence-electron chi connectivity index (χ4n) is 1.18. The van der Waals surface area contributed by atoms with E-state index in [1.165, 1.54) is 19.3 Å². The number of nitrogens with two attached hydrogens (primary N) is 1. The molecule has 0 radical (unpaired) electrons. The molecular weight excluding hydrogens is 164 g/mol. The zero-order valence-electron chi connectivity index (χ0n) is 8.22. The maximum absolute atomic E-state index is 10.7. The van der Waals surface area contributed by atoms with Crippen LogP contribution in [0.1, 0.15) is 44.9 Å². The molecule has 0 saturated carbocycles. The maximum Gasteiger partial charge on any atom is 0.233 e. The lowest BCUT2D eigenvalue weighted by atomic mass is 10.1. The second-order valence-corrected chi connectivity index (χ2v) is 3.16. The molecule has 0 aromatic heterocycles. The summed E-state index contributed by atoms with van der Waals surface area (Å²) in [6.45, 7) is 3.66. The molecule has 0 spiro atoms. The Morgan fingerprint density at radius 2 is 1.85 bits per heavy atom. The van der Waals surface area contributed by atoms with Gasteiger partial charge in [0, 0.05) is 6.42 Å². The van der Waals surface area contributed by atoms with Crippen molar-refractivity contribution in [2.75, 3.05) is 0 Å². The SMILES string of the molecule is C=CCCCCCCCC(=O)NN. The van der Waals surface area contributed by atoms with Gasteiger partial charge in [-0.2, -0.15) is 0 Å². The fourth-order valence-corrected chi connectivity index (χ4v) is 1.18. The van der Waals surface area contributed by atoms with E-state index in [0.29, 0.717) is 6.42 Å². The number of rotatable bonds is 8. The van der Waals surface area contributed by atoms with E-state index in [9.17, 15) is 4.79 Å². The average molecular weight is 184 g/mol. The molecule has 0 aromatic carbocycles. The molecule has 0 rings (SSSR count). The minimum atomic E-state index is -0.0638. The third-order valence-corrected chi connectivity index (χ3v) is 1.97. The number of amides is 1. The molecule has 0 unspecified atom stereocenters. The summed E-state index contributed by atoms with van der Waals surface area (Å²) in [6, 6.07) is 0. The van der Waals surface area contributed by atoms with Gasteiger partial charge in [0.2, 0.25) is 5.91 Å². The van der Waals surface area contributed by atoms with E-state index >= 15 is 0 Å². The van der Waals surface area contributed by atoms with Crippen molar-refractivity contribution in [3.05, 3.63) is 12.7 Å². The van der Waals surface area contributed by atoms with E-state index in [4.69, 9.17) is 5.84 Å². The van der Waals surface area contributed by atoms with Crippen LogP contribution >= 0.6 is 0 Å². The number of carbonyl (C=O) groups excluding carboxylic acids is 1. The van der Waals surface area contributed by atoms with Crippen LogP contribution in [0, 0.1) is 0 Å². The number of allylic oxidation sites excluding steroid dienone is 1. The first kappa shape index (κ1) is 12.2. The minimum absolute atomic E-state index is 0.0638.